The van der Waals surface area contributed by atoms with Gasteiger partial charge in [0.15, 0.2) is 0 Å². The summed E-state index contributed by atoms with van der Waals surface area (Å²) in [6, 6.07) is 0. The van der Waals surface area contributed by atoms with Crippen molar-refractivity contribution in [3.63, 3.8) is 0 Å². The van der Waals surface area contributed by atoms with E-state index in [1.54, 1.807) is 0 Å². The molecule has 0 amide bonds. The van der Waals surface area contributed by atoms with E-state index >= 15 is 0 Å². The smallest absolute Gasteiger partial charge is 0 e. The molecule has 3 radical (unpaired) electrons. The molecule has 0 bridgehead atoms. The van der Waals surface area contributed by atoms with E-state index < -0.39 is 0 Å². The maximum Gasteiger partial charge on any atom is 0 e. The van der Waals surface area contributed by atoms with Gasteiger partial charge in [0.25, 0.3) is 0 Å². The van der Waals surface area contributed by atoms with Crippen LogP contribution in [0.15, 0.2) is 0 Å². The van der Waals surface area contributed by atoms with Crippen LogP contribution in [0.3, 0.4) is 0 Å². The van der Waals surface area contributed by atoms with Crippen LogP contribution in [0.4, 0.5) is 0 Å². The first-order valence-corrected chi connectivity index (χ1v) is 2.10. The molecule has 0 rings (SSSR count). The zero-order valence-electron chi connectivity index (χ0n) is 5.72. The molecule has 0 aromatic rings. The van der Waals surface area contributed by atoms with Crippen molar-refractivity contribution >= 4 is 0 Å². The van der Waals surface area contributed by atoms with E-state index in [1.165, 1.54) is 6.42 Å². The van der Waals surface area contributed by atoms with Gasteiger partial charge in [0, 0.05) is 98.1 Å². The van der Waals surface area contributed by atoms with Crippen LogP contribution in [0.1, 0.15) is 27.7 Å². The van der Waals surface area contributed by atoms with Gasteiger partial charge in [-0.25, -0.2) is 0 Å². The summed E-state index contributed by atoms with van der Waals surface area (Å²) >= 11 is 0. The Balaban J connectivity index is -0.0000000133. The zero-order chi connectivity index (χ0) is 4.28. The fraction of sp³-hybridized carbons (Fsp3) is 0.833. The fourth-order valence-electron chi connectivity index (χ4n) is 0. The van der Waals surface area contributed by atoms with Crippen LogP contribution in [0.5, 0.6) is 0 Å². The first-order chi connectivity index (χ1) is 2.27. The van der Waals surface area contributed by atoms with Gasteiger partial charge in [-0.2, -0.15) is 5.92 Å². The predicted octanol–water partition coefficient (Wildman–Crippen LogP) is 2.50. The second-order valence-corrected chi connectivity index (χ2v) is 1.51. The van der Waals surface area contributed by atoms with Gasteiger partial charge in [0.2, 0.25) is 0 Å². The summed E-state index contributed by atoms with van der Waals surface area (Å²) < 4.78 is 0. The molecule has 0 saturated carbocycles. The summed E-state index contributed by atoms with van der Waals surface area (Å²) in [5.74, 6) is 0.634. The van der Waals surface area contributed by atoms with E-state index in [9.17, 15) is 0 Å². The maximum absolute atomic E-state index is 3.76. The van der Waals surface area contributed by atoms with E-state index in [1.807, 2.05) is 0 Å². The second kappa shape index (κ2) is 22.5. The normalized spacial score (nSPS) is 8.33. The van der Waals surface area contributed by atoms with Gasteiger partial charge in [0.05, 0.1) is 0 Å². The van der Waals surface area contributed by atoms with E-state index in [2.05, 4.69) is 20.8 Å². The van der Waals surface area contributed by atoms with E-state index in [4.69, 9.17) is 0 Å². The third kappa shape index (κ3) is 34.8. The minimum Gasteiger partial charge on any atom is -0.341 e. The molecule has 0 aliphatic carbocycles. The molecule has 1 atom stereocenters. The maximum atomic E-state index is 3.76. The minimum absolute atomic E-state index is 0. The Hall–Kier alpha value is 3.31. The summed E-state index contributed by atoms with van der Waals surface area (Å²) in [5, 5.41) is 0. The van der Waals surface area contributed by atoms with Crippen molar-refractivity contribution in [3.05, 3.63) is 6.92 Å². The Morgan fingerprint density at radius 2 is 1.33 bits per heavy atom. The molecule has 0 saturated heterocycles. The molecule has 0 aliphatic rings. The SMILES string of the molecule is C.[CH2-]C(C)CC.[Y].[Y].[Y]. The van der Waals surface area contributed by atoms with Gasteiger partial charge in [-0.3, -0.25) is 0 Å². The average molecular weight is 354 g/mol. The number of hydrogen-bond donors (Lipinski definition) is 0. The Morgan fingerprint density at radius 1 is 1.22 bits per heavy atom. The Labute approximate surface area is 136 Å². The van der Waals surface area contributed by atoms with Crippen molar-refractivity contribution in [2.75, 3.05) is 0 Å². The molecule has 9 heavy (non-hydrogen) atoms. The van der Waals surface area contributed by atoms with Crippen LogP contribution < -0.4 is 0 Å². The average Bonchev–Trinajstić information content (AvgIpc) is 1.38. The first-order valence-electron chi connectivity index (χ1n) is 2.10. The minimum atomic E-state index is 0. The molecule has 49 valence electrons. The molecular formula is C6H15Y3-. The summed E-state index contributed by atoms with van der Waals surface area (Å²) in [7, 11) is 0. The van der Waals surface area contributed by atoms with Gasteiger partial charge >= 0.3 is 0 Å². The molecule has 0 aromatic carbocycles. The summed E-state index contributed by atoms with van der Waals surface area (Å²) in [4.78, 5) is 0. The second-order valence-electron chi connectivity index (χ2n) is 1.51. The molecule has 3 heteroatoms. The van der Waals surface area contributed by atoms with Crippen molar-refractivity contribution in [3.8, 4) is 0 Å². The van der Waals surface area contributed by atoms with Crippen LogP contribution in [-0.2, 0) is 98.1 Å². The first kappa shape index (κ1) is 29.5. The predicted molar refractivity (Wildman–Crippen MR) is 31.5 cm³/mol. The van der Waals surface area contributed by atoms with Crippen LogP contribution in [0.2, 0.25) is 0 Å². The van der Waals surface area contributed by atoms with Crippen LogP contribution >= 0.6 is 0 Å². The summed E-state index contributed by atoms with van der Waals surface area (Å²) in [6.45, 7) is 8.00. The van der Waals surface area contributed by atoms with Gasteiger partial charge in [-0.15, -0.1) is 0 Å². The molecule has 0 aromatic heterocycles. The number of rotatable bonds is 1. The molecule has 0 aliphatic heterocycles. The summed E-state index contributed by atoms with van der Waals surface area (Å²) in [6.07, 6.45) is 1.19. The molecule has 0 nitrogen and oxygen atoms in total. The molecule has 0 heterocycles. The van der Waals surface area contributed by atoms with Crippen molar-refractivity contribution in [2.45, 2.75) is 27.7 Å². The van der Waals surface area contributed by atoms with Crippen molar-refractivity contribution in [1.29, 1.82) is 0 Å². The van der Waals surface area contributed by atoms with Crippen molar-refractivity contribution < 1.29 is 98.1 Å². The third-order valence-corrected chi connectivity index (χ3v) is 0.697. The summed E-state index contributed by atoms with van der Waals surface area (Å²) in [5.41, 5.74) is 0. The van der Waals surface area contributed by atoms with E-state index in [0.29, 0.717) is 5.92 Å². The van der Waals surface area contributed by atoms with Crippen LogP contribution in [0, 0.1) is 12.8 Å². The molecule has 0 spiro atoms. The van der Waals surface area contributed by atoms with Gasteiger partial charge in [0.1, 0.15) is 0 Å². The molecule has 1 unspecified atom stereocenters. The largest absolute Gasteiger partial charge is 0.341 e. The van der Waals surface area contributed by atoms with Gasteiger partial charge in [-0.05, 0) is 0 Å². The van der Waals surface area contributed by atoms with E-state index in [-0.39, 0.29) is 106 Å². The van der Waals surface area contributed by atoms with Gasteiger partial charge < -0.3 is 6.92 Å². The van der Waals surface area contributed by atoms with Crippen LogP contribution in [-0.4, -0.2) is 0 Å². The van der Waals surface area contributed by atoms with E-state index in [0.717, 1.165) is 0 Å². The van der Waals surface area contributed by atoms with Crippen LogP contribution in [0.25, 0.3) is 0 Å². The Morgan fingerprint density at radius 3 is 1.33 bits per heavy atom. The van der Waals surface area contributed by atoms with Crippen molar-refractivity contribution in [2.24, 2.45) is 5.92 Å². The number of hydrogen-bond acceptors (Lipinski definition) is 0. The van der Waals surface area contributed by atoms with Gasteiger partial charge in [-0.1, -0.05) is 27.7 Å². The quantitative estimate of drug-likeness (QED) is 0.635. The zero-order valence-corrected chi connectivity index (χ0v) is 14.2. The standard InChI is InChI=1S/C5H11.CH4.3Y/c1-4-5(2)3;;;;/h5H,2,4H2,1,3H3;1H4;;;/q-1;;;;. The fourth-order valence-corrected chi connectivity index (χ4v) is 0. The third-order valence-electron chi connectivity index (χ3n) is 0.697. The molecule has 0 N–H and O–H groups in total. The molecular weight excluding hydrogens is 339 g/mol. The monoisotopic (exact) mass is 354 g/mol. The molecule has 0 fully saturated rings. The Bertz CT molecular complexity index is 22.3. The Kier molecular flexibility index (Phi) is 73.7. The topological polar surface area (TPSA) is 0 Å². The van der Waals surface area contributed by atoms with Crippen molar-refractivity contribution in [1.82, 2.24) is 0 Å².